The van der Waals surface area contributed by atoms with E-state index in [0.717, 1.165) is 12.7 Å². The third-order valence-electron chi connectivity index (χ3n) is 1.30. The van der Waals surface area contributed by atoms with Gasteiger partial charge in [0.05, 0.1) is 6.61 Å². The molecule has 1 aliphatic rings. The number of hydrogen-bond donors (Lipinski definition) is 1. The zero-order valence-electron chi connectivity index (χ0n) is 8.06. The number of esters is 1. The summed E-state index contributed by atoms with van der Waals surface area (Å²) in [5.74, 6) is -1.13. The van der Waals surface area contributed by atoms with Gasteiger partial charge < -0.3 is 14.6 Å². The number of carbonyl (C=O) groups is 2. The Labute approximate surface area is 82.3 Å². The molecular formula is C9H14O5. The maximum Gasteiger partial charge on any atom is 0.327 e. The lowest BCUT2D eigenvalue weighted by Crippen LogP contribution is -2.07. The molecule has 0 saturated carbocycles. The first-order valence-corrected chi connectivity index (χ1v) is 4.22. The van der Waals surface area contributed by atoms with Crippen LogP contribution in [0.1, 0.15) is 13.3 Å². The van der Waals surface area contributed by atoms with E-state index in [1.165, 1.54) is 0 Å². The van der Waals surface area contributed by atoms with Gasteiger partial charge in [0.15, 0.2) is 0 Å². The molecule has 1 N–H and O–H groups in total. The Hall–Kier alpha value is -1.36. The molecule has 1 rings (SSSR count). The minimum atomic E-state index is -0.981. The monoisotopic (exact) mass is 202 g/mol. The molecule has 0 aromatic heterocycles. The van der Waals surface area contributed by atoms with Crippen LogP contribution in [0.4, 0.5) is 0 Å². The van der Waals surface area contributed by atoms with Crippen molar-refractivity contribution < 1.29 is 24.2 Å². The van der Waals surface area contributed by atoms with E-state index < -0.39 is 5.97 Å². The standard InChI is InChI=1S/C6H10O3.C3H4O2/c1-2-6(7)9-4-5-3-8-5;1-2-3(4)5/h5H,2-4H2,1H3;2H,1H2,(H,4,5). The summed E-state index contributed by atoms with van der Waals surface area (Å²) < 4.78 is 9.58. The summed E-state index contributed by atoms with van der Waals surface area (Å²) in [4.78, 5) is 19.7. The molecule has 5 nitrogen and oxygen atoms in total. The topological polar surface area (TPSA) is 76.1 Å². The van der Waals surface area contributed by atoms with Crippen molar-refractivity contribution in [1.82, 2.24) is 0 Å². The molecule has 0 aliphatic carbocycles. The summed E-state index contributed by atoms with van der Waals surface area (Å²) in [5, 5.41) is 7.60. The first-order valence-electron chi connectivity index (χ1n) is 4.22. The predicted octanol–water partition coefficient (Wildman–Crippen LogP) is 0.595. The molecule has 0 spiro atoms. The van der Waals surface area contributed by atoms with Gasteiger partial charge in [0.1, 0.15) is 12.7 Å². The average Bonchev–Trinajstić information content (AvgIpc) is 2.98. The van der Waals surface area contributed by atoms with Gasteiger partial charge in [0.25, 0.3) is 0 Å². The van der Waals surface area contributed by atoms with E-state index in [1.807, 2.05) is 0 Å². The van der Waals surface area contributed by atoms with Gasteiger partial charge in [0.2, 0.25) is 0 Å². The van der Waals surface area contributed by atoms with Crippen LogP contribution in [0, 0.1) is 0 Å². The summed E-state index contributed by atoms with van der Waals surface area (Å²) in [6.45, 7) is 5.92. The summed E-state index contributed by atoms with van der Waals surface area (Å²) in [6.07, 6.45) is 1.48. The quantitative estimate of drug-likeness (QED) is 0.410. The second-order valence-electron chi connectivity index (χ2n) is 2.53. The molecule has 0 aromatic carbocycles. The van der Waals surface area contributed by atoms with Crippen molar-refractivity contribution in [3.05, 3.63) is 12.7 Å². The van der Waals surface area contributed by atoms with Crippen LogP contribution < -0.4 is 0 Å². The van der Waals surface area contributed by atoms with Crippen LogP contribution in [0.3, 0.4) is 0 Å². The molecule has 1 atom stereocenters. The van der Waals surface area contributed by atoms with Gasteiger partial charge in [0, 0.05) is 12.5 Å². The highest BCUT2D eigenvalue weighted by molar-refractivity contribution is 5.78. The van der Waals surface area contributed by atoms with E-state index in [1.54, 1.807) is 6.92 Å². The van der Waals surface area contributed by atoms with Crippen LogP contribution in [-0.2, 0) is 19.1 Å². The van der Waals surface area contributed by atoms with E-state index in [0.29, 0.717) is 13.0 Å². The van der Waals surface area contributed by atoms with Crippen molar-refractivity contribution in [2.75, 3.05) is 13.2 Å². The first-order chi connectivity index (χ1) is 6.60. The second kappa shape index (κ2) is 7.08. The number of ether oxygens (including phenoxy) is 2. The molecule has 1 unspecified atom stereocenters. The Morgan fingerprint density at radius 3 is 2.50 bits per heavy atom. The normalized spacial score (nSPS) is 17.4. The minimum Gasteiger partial charge on any atom is -0.478 e. The maximum atomic E-state index is 10.5. The molecule has 1 aliphatic heterocycles. The van der Waals surface area contributed by atoms with Crippen LogP contribution >= 0.6 is 0 Å². The Bertz CT molecular complexity index is 207. The number of hydrogen-bond acceptors (Lipinski definition) is 4. The van der Waals surface area contributed by atoms with E-state index in [2.05, 4.69) is 6.58 Å². The van der Waals surface area contributed by atoms with Crippen molar-refractivity contribution in [1.29, 1.82) is 0 Å². The fourth-order valence-electron chi connectivity index (χ4n) is 0.452. The predicted molar refractivity (Wildman–Crippen MR) is 48.8 cm³/mol. The Balaban J connectivity index is 0.000000292. The molecule has 0 radical (unpaired) electrons. The largest absolute Gasteiger partial charge is 0.478 e. The zero-order chi connectivity index (χ0) is 11.0. The average molecular weight is 202 g/mol. The number of rotatable bonds is 4. The Kier molecular flexibility index (Phi) is 6.39. The lowest BCUT2D eigenvalue weighted by Gasteiger charge is -1.97. The van der Waals surface area contributed by atoms with Crippen LogP contribution in [0.15, 0.2) is 12.7 Å². The van der Waals surface area contributed by atoms with Gasteiger partial charge in [-0.2, -0.15) is 0 Å². The Morgan fingerprint density at radius 2 is 2.21 bits per heavy atom. The molecular weight excluding hydrogens is 188 g/mol. The smallest absolute Gasteiger partial charge is 0.327 e. The molecule has 0 amide bonds. The number of carbonyl (C=O) groups excluding carboxylic acids is 1. The van der Waals surface area contributed by atoms with Gasteiger partial charge >= 0.3 is 11.9 Å². The van der Waals surface area contributed by atoms with Crippen LogP contribution in [0.5, 0.6) is 0 Å². The third-order valence-corrected chi connectivity index (χ3v) is 1.30. The molecule has 0 aromatic rings. The minimum absolute atomic E-state index is 0.148. The molecule has 80 valence electrons. The number of carboxylic acids is 1. The number of epoxide rings is 1. The van der Waals surface area contributed by atoms with Gasteiger partial charge in [-0.05, 0) is 0 Å². The van der Waals surface area contributed by atoms with Gasteiger partial charge in [-0.15, -0.1) is 0 Å². The summed E-state index contributed by atoms with van der Waals surface area (Å²) in [6, 6.07) is 0. The molecule has 1 saturated heterocycles. The first kappa shape index (κ1) is 12.6. The third kappa shape index (κ3) is 8.73. The fourth-order valence-corrected chi connectivity index (χ4v) is 0.452. The van der Waals surface area contributed by atoms with Crippen molar-refractivity contribution >= 4 is 11.9 Å². The van der Waals surface area contributed by atoms with E-state index >= 15 is 0 Å². The van der Waals surface area contributed by atoms with Gasteiger partial charge in [-0.1, -0.05) is 13.5 Å². The van der Waals surface area contributed by atoms with Crippen molar-refractivity contribution in [2.24, 2.45) is 0 Å². The maximum absolute atomic E-state index is 10.5. The van der Waals surface area contributed by atoms with E-state index in [4.69, 9.17) is 14.6 Å². The van der Waals surface area contributed by atoms with Crippen molar-refractivity contribution in [2.45, 2.75) is 19.4 Å². The van der Waals surface area contributed by atoms with Crippen LogP contribution in [0.25, 0.3) is 0 Å². The van der Waals surface area contributed by atoms with E-state index in [-0.39, 0.29) is 12.1 Å². The highest BCUT2D eigenvalue weighted by Crippen LogP contribution is 2.08. The van der Waals surface area contributed by atoms with Gasteiger partial charge in [-0.3, -0.25) is 4.79 Å². The van der Waals surface area contributed by atoms with Gasteiger partial charge in [-0.25, -0.2) is 4.79 Å². The summed E-state index contributed by atoms with van der Waals surface area (Å²) >= 11 is 0. The fraction of sp³-hybridized carbons (Fsp3) is 0.556. The zero-order valence-corrected chi connectivity index (χ0v) is 8.06. The van der Waals surface area contributed by atoms with Crippen LogP contribution in [0.2, 0.25) is 0 Å². The molecule has 0 bridgehead atoms. The highest BCUT2D eigenvalue weighted by Gasteiger charge is 2.23. The van der Waals surface area contributed by atoms with Crippen molar-refractivity contribution in [3.8, 4) is 0 Å². The van der Waals surface area contributed by atoms with Crippen molar-refractivity contribution in [3.63, 3.8) is 0 Å². The van der Waals surface area contributed by atoms with E-state index in [9.17, 15) is 9.59 Å². The summed E-state index contributed by atoms with van der Waals surface area (Å²) in [5.41, 5.74) is 0. The highest BCUT2D eigenvalue weighted by atomic mass is 16.6. The molecule has 14 heavy (non-hydrogen) atoms. The SMILES string of the molecule is C=CC(=O)O.CCC(=O)OCC1CO1. The van der Waals surface area contributed by atoms with Crippen LogP contribution in [-0.4, -0.2) is 36.4 Å². The lowest BCUT2D eigenvalue weighted by molar-refractivity contribution is -0.143. The number of carboxylic acid groups (broad SMARTS) is 1. The molecule has 1 fully saturated rings. The molecule has 1 heterocycles. The molecule has 5 heteroatoms. The lowest BCUT2D eigenvalue weighted by atomic mass is 10.5. The second-order valence-corrected chi connectivity index (χ2v) is 2.53. The Morgan fingerprint density at radius 1 is 1.71 bits per heavy atom. The number of aliphatic carboxylic acids is 1. The summed E-state index contributed by atoms with van der Waals surface area (Å²) in [7, 11) is 0.